The van der Waals surface area contributed by atoms with E-state index in [0.717, 1.165) is 37.5 Å². The average molecular weight is 260 g/mol. The molecule has 0 N–H and O–H groups in total. The number of carbonyl (C=O) groups is 1. The third kappa shape index (κ3) is 2.32. The van der Waals surface area contributed by atoms with Gasteiger partial charge in [0.25, 0.3) is 0 Å². The second-order valence-corrected chi connectivity index (χ2v) is 5.24. The summed E-state index contributed by atoms with van der Waals surface area (Å²) < 4.78 is 5.15. The van der Waals surface area contributed by atoms with Crippen LogP contribution in [-0.2, 0) is 4.79 Å². The van der Waals surface area contributed by atoms with Gasteiger partial charge >= 0.3 is 0 Å². The third-order valence-corrected chi connectivity index (χ3v) is 4.14. The van der Waals surface area contributed by atoms with Crippen LogP contribution in [0.3, 0.4) is 0 Å². The molecule has 2 aliphatic heterocycles. The number of methoxy groups -OCH3 is 1. The van der Waals surface area contributed by atoms with Gasteiger partial charge in [-0.05, 0) is 56.6 Å². The summed E-state index contributed by atoms with van der Waals surface area (Å²) in [7, 11) is 1.65. The molecular formula is C15H20N2O2. The molecule has 2 saturated heterocycles. The van der Waals surface area contributed by atoms with Gasteiger partial charge in [0.2, 0.25) is 5.91 Å². The topological polar surface area (TPSA) is 32.8 Å². The molecule has 1 unspecified atom stereocenters. The molecule has 3 rings (SSSR count). The lowest BCUT2D eigenvalue weighted by molar-refractivity contribution is -0.121. The first-order chi connectivity index (χ1) is 9.29. The van der Waals surface area contributed by atoms with Crippen molar-refractivity contribution in [1.82, 2.24) is 4.90 Å². The first kappa shape index (κ1) is 12.5. The summed E-state index contributed by atoms with van der Waals surface area (Å²) in [6.07, 6.45) is 3.41. The van der Waals surface area contributed by atoms with E-state index in [2.05, 4.69) is 4.90 Å². The molecule has 2 fully saturated rings. The van der Waals surface area contributed by atoms with Crippen LogP contribution in [0.5, 0.6) is 5.75 Å². The van der Waals surface area contributed by atoms with Gasteiger partial charge in [0, 0.05) is 12.2 Å². The molecule has 4 nitrogen and oxygen atoms in total. The molecule has 2 aliphatic rings. The SMILES string of the molecule is COc1ccc(N2CCC(N3CCCC3)C2=O)cc1. The second-order valence-electron chi connectivity index (χ2n) is 5.24. The fraction of sp³-hybridized carbons (Fsp3) is 0.533. The molecule has 0 bridgehead atoms. The van der Waals surface area contributed by atoms with Crippen LogP contribution in [0.25, 0.3) is 0 Å². The zero-order valence-electron chi connectivity index (χ0n) is 11.3. The minimum Gasteiger partial charge on any atom is -0.497 e. The molecule has 19 heavy (non-hydrogen) atoms. The van der Waals surface area contributed by atoms with Crippen molar-refractivity contribution < 1.29 is 9.53 Å². The molecule has 0 aliphatic carbocycles. The molecule has 102 valence electrons. The summed E-state index contributed by atoms with van der Waals surface area (Å²) in [4.78, 5) is 16.7. The maximum absolute atomic E-state index is 12.5. The highest BCUT2D eigenvalue weighted by molar-refractivity contribution is 5.99. The predicted octanol–water partition coefficient (Wildman–Crippen LogP) is 1.90. The van der Waals surface area contributed by atoms with Crippen molar-refractivity contribution in [3.05, 3.63) is 24.3 Å². The summed E-state index contributed by atoms with van der Waals surface area (Å²) in [5.41, 5.74) is 0.979. The molecule has 2 heterocycles. The van der Waals surface area contributed by atoms with Crippen molar-refractivity contribution in [3.63, 3.8) is 0 Å². The highest BCUT2D eigenvalue weighted by atomic mass is 16.5. The van der Waals surface area contributed by atoms with Crippen LogP contribution in [0.4, 0.5) is 5.69 Å². The molecule has 1 amide bonds. The lowest BCUT2D eigenvalue weighted by Gasteiger charge is -2.22. The van der Waals surface area contributed by atoms with Crippen LogP contribution >= 0.6 is 0 Å². The van der Waals surface area contributed by atoms with Gasteiger partial charge in [0.1, 0.15) is 5.75 Å². The monoisotopic (exact) mass is 260 g/mol. The molecular weight excluding hydrogens is 240 g/mol. The van der Waals surface area contributed by atoms with E-state index >= 15 is 0 Å². The van der Waals surface area contributed by atoms with Crippen molar-refractivity contribution >= 4 is 11.6 Å². The van der Waals surface area contributed by atoms with Gasteiger partial charge in [0.05, 0.1) is 13.2 Å². The van der Waals surface area contributed by atoms with E-state index in [1.165, 1.54) is 12.8 Å². The Morgan fingerprint density at radius 2 is 1.79 bits per heavy atom. The Morgan fingerprint density at radius 1 is 1.11 bits per heavy atom. The van der Waals surface area contributed by atoms with Crippen LogP contribution < -0.4 is 9.64 Å². The largest absolute Gasteiger partial charge is 0.497 e. The van der Waals surface area contributed by atoms with Gasteiger partial charge in [-0.25, -0.2) is 0 Å². The maximum Gasteiger partial charge on any atom is 0.244 e. The summed E-state index contributed by atoms with van der Waals surface area (Å²) in [6.45, 7) is 2.98. The first-order valence-electron chi connectivity index (χ1n) is 6.99. The number of rotatable bonds is 3. The first-order valence-corrected chi connectivity index (χ1v) is 6.99. The number of likely N-dealkylation sites (tertiary alicyclic amines) is 1. The quantitative estimate of drug-likeness (QED) is 0.832. The Hall–Kier alpha value is -1.55. The van der Waals surface area contributed by atoms with Crippen molar-refractivity contribution in [2.24, 2.45) is 0 Å². The van der Waals surface area contributed by atoms with Crippen LogP contribution in [0, 0.1) is 0 Å². The summed E-state index contributed by atoms with van der Waals surface area (Å²) in [5, 5.41) is 0. The number of nitrogens with zero attached hydrogens (tertiary/aromatic N) is 2. The van der Waals surface area contributed by atoms with Gasteiger partial charge in [0.15, 0.2) is 0 Å². The van der Waals surface area contributed by atoms with E-state index in [4.69, 9.17) is 4.74 Å². The molecule has 0 aromatic heterocycles. The molecule has 0 spiro atoms. The Balaban J connectivity index is 1.73. The number of hydrogen-bond donors (Lipinski definition) is 0. The Labute approximate surface area is 113 Å². The summed E-state index contributed by atoms with van der Waals surface area (Å²) >= 11 is 0. The lowest BCUT2D eigenvalue weighted by Crippen LogP contribution is -2.40. The van der Waals surface area contributed by atoms with Crippen molar-refractivity contribution in [1.29, 1.82) is 0 Å². The average Bonchev–Trinajstić information content (AvgIpc) is 3.08. The molecule has 1 aromatic rings. The summed E-state index contributed by atoms with van der Waals surface area (Å²) in [5.74, 6) is 1.08. The van der Waals surface area contributed by atoms with Crippen LogP contribution in [0.15, 0.2) is 24.3 Å². The smallest absolute Gasteiger partial charge is 0.244 e. The number of carbonyl (C=O) groups excluding carboxylic acids is 1. The van der Waals surface area contributed by atoms with E-state index in [9.17, 15) is 4.79 Å². The minimum absolute atomic E-state index is 0.101. The van der Waals surface area contributed by atoms with E-state index in [-0.39, 0.29) is 11.9 Å². The fourth-order valence-electron chi connectivity index (χ4n) is 3.08. The normalized spacial score (nSPS) is 24.2. The number of anilines is 1. The number of hydrogen-bond acceptors (Lipinski definition) is 3. The fourth-order valence-corrected chi connectivity index (χ4v) is 3.08. The maximum atomic E-state index is 12.5. The van der Waals surface area contributed by atoms with Gasteiger partial charge in [-0.2, -0.15) is 0 Å². The predicted molar refractivity (Wildman–Crippen MR) is 74.6 cm³/mol. The van der Waals surface area contributed by atoms with E-state index in [1.54, 1.807) is 7.11 Å². The third-order valence-electron chi connectivity index (χ3n) is 4.14. The minimum atomic E-state index is 0.101. The zero-order chi connectivity index (χ0) is 13.2. The van der Waals surface area contributed by atoms with Crippen LogP contribution in [-0.4, -0.2) is 43.6 Å². The van der Waals surface area contributed by atoms with Gasteiger partial charge in [-0.3, -0.25) is 9.69 Å². The number of ether oxygens (including phenoxy) is 1. The highest BCUT2D eigenvalue weighted by Crippen LogP contribution is 2.27. The van der Waals surface area contributed by atoms with Crippen molar-refractivity contribution in [2.45, 2.75) is 25.3 Å². The van der Waals surface area contributed by atoms with Gasteiger partial charge in [-0.1, -0.05) is 0 Å². The Morgan fingerprint density at radius 3 is 2.42 bits per heavy atom. The molecule has 0 radical (unpaired) electrons. The Kier molecular flexibility index (Phi) is 3.42. The van der Waals surface area contributed by atoms with Crippen molar-refractivity contribution in [3.8, 4) is 5.75 Å². The standard InChI is InChI=1S/C15H20N2O2/c1-19-13-6-4-12(5-7-13)17-11-8-14(15(17)18)16-9-2-3-10-16/h4-7,14H,2-3,8-11H2,1H3. The second kappa shape index (κ2) is 5.21. The lowest BCUT2D eigenvalue weighted by atomic mass is 10.2. The molecule has 1 atom stereocenters. The highest BCUT2D eigenvalue weighted by Gasteiger charge is 2.37. The number of benzene rings is 1. The van der Waals surface area contributed by atoms with Crippen LogP contribution in [0.2, 0.25) is 0 Å². The van der Waals surface area contributed by atoms with Crippen molar-refractivity contribution in [2.75, 3.05) is 31.6 Å². The van der Waals surface area contributed by atoms with E-state index < -0.39 is 0 Å². The van der Waals surface area contributed by atoms with E-state index in [1.807, 2.05) is 29.2 Å². The van der Waals surface area contributed by atoms with Gasteiger partial charge in [-0.15, -0.1) is 0 Å². The zero-order valence-corrected chi connectivity index (χ0v) is 11.3. The number of amides is 1. The molecule has 4 heteroatoms. The van der Waals surface area contributed by atoms with Crippen LogP contribution in [0.1, 0.15) is 19.3 Å². The summed E-state index contributed by atoms with van der Waals surface area (Å²) in [6, 6.07) is 7.84. The molecule has 0 saturated carbocycles. The molecule has 1 aromatic carbocycles. The Bertz CT molecular complexity index is 452. The van der Waals surface area contributed by atoms with E-state index in [0.29, 0.717) is 0 Å². The van der Waals surface area contributed by atoms with Gasteiger partial charge < -0.3 is 9.64 Å².